The SMILES string of the molecule is CN1C(=O)c2ccccc2Sc2ccc(NC(=O)N3CCN(c4cccc(F)c4)CC3)cc21. The summed E-state index contributed by atoms with van der Waals surface area (Å²) in [6, 6.07) is 19.5. The van der Waals surface area contributed by atoms with Crippen LogP contribution in [0.15, 0.2) is 76.5 Å². The molecule has 168 valence electrons. The van der Waals surface area contributed by atoms with Gasteiger partial charge in [0, 0.05) is 54.4 Å². The number of halogens is 1. The van der Waals surface area contributed by atoms with Crippen molar-refractivity contribution in [3.05, 3.63) is 78.1 Å². The predicted octanol–water partition coefficient (Wildman–Crippen LogP) is 4.92. The maximum Gasteiger partial charge on any atom is 0.321 e. The Morgan fingerprint density at radius 3 is 2.52 bits per heavy atom. The number of anilines is 3. The van der Waals surface area contributed by atoms with Crippen LogP contribution in [0.25, 0.3) is 0 Å². The summed E-state index contributed by atoms with van der Waals surface area (Å²) < 4.78 is 13.5. The van der Waals surface area contributed by atoms with Crippen molar-refractivity contribution in [3.8, 4) is 0 Å². The summed E-state index contributed by atoms with van der Waals surface area (Å²) in [6.07, 6.45) is 0. The zero-order valence-corrected chi connectivity index (χ0v) is 18.9. The molecule has 2 aliphatic rings. The molecule has 0 spiro atoms. The number of nitrogens with zero attached hydrogens (tertiary/aromatic N) is 3. The minimum Gasteiger partial charge on any atom is -0.368 e. The highest BCUT2D eigenvalue weighted by atomic mass is 32.2. The van der Waals surface area contributed by atoms with Gasteiger partial charge in [-0.05, 0) is 48.5 Å². The van der Waals surface area contributed by atoms with Crippen molar-refractivity contribution in [2.75, 3.05) is 48.3 Å². The van der Waals surface area contributed by atoms with Gasteiger partial charge in [0.15, 0.2) is 0 Å². The Labute approximate surface area is 196 Å². The number of piperazine rings is 1. The van der Waals surface area contributed by atoms with Crippen LogP contribution >= 0.6 is 11.8 Å². The maximum absolute atomic E-state index is 13.5. The number of fused-ring (bicyclic) bond motifs is 2. The van der Waals surface area contributed by atoms with Crippen LogP contribution in [0.1, 0.15) is 10.4 Å². The summed E-state index contributed by atoms with van der Waals surface area (Å²) in [5, 5.41) is 2.96. The second-order valence-corrected chi connectivity index (χ2v) is 9.11. The minimum absolute atomic E-state index is 0.0752. The molecule has 3 aromatic rings. The largest absolute Gasteiger partial charge is 0.368 e. The fourth-order valence-electron chi connectivity index (χ4n) is 4.13. The van der Waals surface area contributed by atoms with Gasteiger partial charge in [0.05, 0.1) is 11.3 Å². The predicted molar refractivity (Wildman–Crippen MR) is 129 cm³/mol. The number of urea groups is 1. The van der Waals surface area contributed by atoms with Crippen molar-refractivity contribution in [1.29, 1.82) is 0 Å². The maximum atomic E-state index is 13.5. The first-order valence-corrected chi connectivity index (χ1v) is 11.6. The van der Waals surface area contributed by atoms with E-state index in [0.717, 1.165) is 21.2 Å². The fourth-order valence-corrected chi connectivity index (χ4v) is 5.21. The Morgan fingerprint density at radius 1 is 0.939 bits per heavy atom. The summed E-state index contributed by atoms with van der Waals surface area (Å²) in [5.74, 6) is -0.339. The summed E-state index contributed by atoms with van der Waals surface area (Å²) in [4.78, 5) is 33.1. The van der Waals surface area contributed by atoms with Crippen LogP contribution in [0.3, 0.4) is 0 Å². The molecule has 0 unspecified atom stereocenters. The molecule has 6 nitrogen and oxygen atoms in total. The van der Waals surface area contributed by atoms with Crippen molar-refractivity contribution in [2.45, 2.75) is 9.79 Å². The molecule has 0 radical (unpaired) electrons. The molecule has 0 aromatic heterocycles. The Balaban J connectivity index is 1.27. The van der Waals surface area contributed by atoms with E-state index in [1.54, 1.807) is 34.7 Å². The second kappa shape index (κ2) is 8.78. The summed E-state index contributed by atoms with van der Waals surface area (Å²) in [6.45, 7) is 2.34. The molecule has 0 saturated carbocycles. The molecule has 2 aliphatic heterocycles. The number of hydrogen-bond acceptors (Lipinski definition) is 4. The van der Waals surface area contributed by atoms with Crippen molar-refractivity contribution in [2.24, 2.45) is 0 Å². The standard InChI is InChI=1S/C25H23FN4O2S/c1-28-21-16-18(9-10-23(21)33-22-8-3-2-7-20(22)24(28)31)27-25(32)30-13-11-29(12-14-30)19-6-4-5-17(26)15-19/h2-10,15-16H,11-14H2,1H3,(H,27,32). The van der Waals surface area contributed by atoms with Gasteiger partial charge in [-0.2, -0.15) is 0 Å². The van der Waals surface area contributed by atoms with E-state index in [9.17, 15) is 14.0 Å². The Kier molecular flexibility index (Phi) is 5.68. The molecule has 33 heavy (non-hydrogen) atoms. The minimum atomic E-state index is -0.263. The molecule has 1 saturated heterocycles. The van der Waals surface area contributed by atoms with E-state index in [1.807, 2.05) is 48.5 Å². The lowest BCUT2D eigenvalue weighted by atomic mass is 10.2. The van der Waals surface area contributed by atoms with Crippen LogP contribution < -0.4 is 15.1 Å². The van der Waals surface area contributed by atoms with Crippen LogP contribution in [0.2, 0.25) is 0 Å². The number of carbonyl (C=O) groups excluding carboxylic acids is 2. The number of amides is 3. The van der Waals surface area contributed by atoms with Crippen molar-refractivity contribution < 1.29 is 14.0 Å². The molecular weight excluding hydrogens is 439 g/mol. The van der Waals surface area contributed by atoms with E-state index in [4.69, 9.17) is 0 Å². The van der Waals surface area contributed by atoms with Gasteiger partial charge in [-0.15, -0.1) is 0 Å². The molecule has 8 heteroatoms. The third-order valence-electron chi connectivity index (χ3n) is 5.95. The number of hydrogen-bond donors (Lipinski definition) is 1. The van der Waals surface area contributed by atoms with Crippen LogP contribution in [-0.2, 0) is 0 Å². The number of rotatable bonds is 2. The monoisotopic (exact) mass is 462 g/mol. The van der Waals surface area contributed by atoms with Gasteiger partial charge < -0.3 is 20.0 Å². The average Bonchev–Trinajstić information content (AvgIpc) is 2.94. The van der Waals surface area contributed by atoms with E-state index < -0.39 is 0 Å². The summed E-state index contributed by atoms with van der Waals surface area (Å²) >= 11 is 1.55. The van der Waals surface area contributed by atoms with Crippen molar-refractivity contribution in [1.82, 2.24) is 4.90 Å². The molecule has 1 N–H and O–H groups in total. The first-order valence-electron chi connectivity index (χ1n) is 10.7. The second-order valence-electron chi connectivity index (χ2n) is 8.03. The highest BCUT2D eigenvalue weighted by Crippen LogP contribution is 2.41. The highest BCUT2D eigenvalue weighted by Gasteiger charge is 2.26. The normalized spacial score (nSPS) is 15.6. The Bertz CT molecular complexity index is 1230. The number of carbonyl (C=O) groups is 2. The van der Waals surface area contributed by atoms with Crippen molar-refractivity contribution >= 4 is 40.8 Å². The topological polar surface area (TPSA) is 55.9 Å². The van der Waals surface area contributed by atoms with E-state index in [1.165, 1.54) is 12.1 Å². The molecule has 1 fully saturated rings. The van der Waals surface area contributed by atoms with E-state index in [2.05, 4.69) is 10.2 Å². The molecule has 0 bridgehead atoms. The van der Waals surface area contributed by atoms with Gasteiger partial charge in [0.25, 0.3) is 5.91 Å². The van der Waals surface area contributed by atoms with Crippen LogP contribution in [-0.4, -0.2) is 50.1 Å². The lowest BCUT2D eigenvalue weighted by Gasteiger charge is -2.36. The highest BCUT2D eigenvalue weighted by molar-refractivity contribution is 7.99. The third-order valence-corrected chi connectivity index (χ3v) is 7.09. The lowest BCUT2D eigenvalue weighted by molar-refractivity contribution is 0.0990. The van der Waals surface area contributed by atoms with Crippen LogP contribution in [0.4, 0.5) is 26.2 Å². The van der Waals surface area contributed by atoms with Crippen molar-refractivity contribution in [3.63, 3.8) is 0 Å². The van der Waals surface area contributed by atoms with E-state index >= 15 is 0 Å². The molecule has 0 aliphatic carbocycles. The summed E-state index contributed by atoms with van der Waals surface area (Å²) in [7, 11) is 1.75. The molecule has 3 amide bonds. The Morgan fingerprint density at radius 2 is 1.73 bits per heavy atom. The van der Waals surface area contributed by atoms with Gasteiger partial charge in [-0.1, -0.05) is 30.0 Å². The average molecular weight is 463 g/mol. The smallest absolute Gasteiger partial charge is 0.321 e. The molecular formula is C25H23FN4O2S. The zero-order chi connectivity index (χ0) is 22.9. The quantitative estimate of drug-likeness (QED) is 0.587. The molecule has 0 atom stereocenters. The van der Waals surface area contributed by atoms with Crippen LogP contribution in [0, 0.1) is 5.82 Å². The van der Waals surface area contributed by atoms with Gasteiger partial charge >= 0.3 is 6.03 Å². The van der Waals surface area contributed by atoms with Gasteiger partial charge in [0.2, 0.25) is 0 Å². The summed E-state index contributed by atoms with van der Waals surface area (Å²) in [5.41, 5.74) is 2.89. The molecule has 3 aromatic carbocycles. The zero-order valence-electron chi connectivity index (χ0n) is 18.1. The number of nitrogens with one attached hydrogen (secondary N) is 1. The molecule has 5 rings (SSSR count). The van der Waals surface area contributed by atoms with Gasteiger partial charge in [0.1, 0.15) is 5.82 Å². The van der Waals surface area contributed by atoms with Gasteiger partial charge in [-0.25, -0.2) is 9.18 Å². The fraction of sp³-hybridized carbons (Fsp3) is 0.200. The lowest BCUT2D eigenvalue weighted by Crippen LogP contribution is -2.50. The van der Waals surface area contributed by atoms with E-state index in [0.29, 0.717) is 37.4 Å². The van der Waals surface area contributed by atoms with Crippen LogP contribution in [0.5, 0.6) is 0 Å². The number of benzene rings is 3. The van der Waals surface area contributed by atoms with E-state index in [-0.39, 0.29) is 17.8 Å². The molecule has 2 heterocycles. The third kappa shape index (κ3) is 4.26. The Hall–Kier alpha value is -3.52. The van der Waals surface area contributed by atoms with Gasteiger partial charge in [-0.3, -0.25) is 4.79 Å². The first-order chi connectivity index (χ1) is 16.0. The first kappa shape index (κ1) is 21.3.